The molecule has 7 heteroatoms. The van der Waals surface area contributed by atoms with E-state index in [1.165, 1.54) is 7.11 Å². The summed E-state index contributed by atoms with van der Waals surface area (Å²) in [5, 5.41) is 3.57. The smallest absolute Gasteiger partial charge is 0.341 e. The second kappa shape index (κ2) is 6.15. The fourth-order valence-electron chi connectivity index (χ4n) is 1.83. The predicted octanol–water partition coefficient (Wildman–Crippen LogP) is 3.33. The zero-order valence-electron chi connectivity index (χ0n) is 11.4. The van der Waals surface area contributed by atoms with Crippen molar-refractivity contribution in [2.45, 2.75) is 6.92 Å². The van der Waals surface area contributed by atoms with Crippen LogP contribution in [-0.4, -0.2) is 19.0 Å². The highest BCUT2D eigenvalue weighted by Gasteiger charge is 2.23. The molecule has 0 radical (unpaired) electrons. The molecule has 0 saturated carbocycles. The molecule has 21 heavy (non-hydrogen) atoms. The molecule has 2 rings (SSSR count). The molecule has 0 unspecified atom stereocenters. The molecule has 0 aliphatic rings. The van der Waals surface area contributed by atoms with Crippen molar-refractivity contribution in [2.24, 2.45) is 0 Å². The summed E-state index contributed by atoms with van der Waals surface area (Å²) in [6, 6.07) is 6.72. The maximum atomic E-state index is 12.3. The highest BCUT2D eigenvalue weighted by atomic mass is 35.5. The summed E-state index contributed by atoms with van der Waals surface area (Å²) in [7, 11) is 1.27. The Morgan fingerprint density at radius 1 is 1.29 bits per heavy atom. The lowest BCUT2D eigenvalue weighted by atomic mass is 10.1. The number of benzene rings is 1. The first-order chi connectivity index (χ1) is 9.93. The Kier molecular flexibility index (Phi) is 4.50. The largest absolute Gasteiger partial charge is 0.465 e. The first-order valence-corrected chi connectivity index (χ1v) is 7.17. The number of nitrogens with two attached hydrogens (primary N) is 1. The van der Waals surface area contributed by atoms with Gasteiger partial charge < -0.3 is 15.8 Å². The van der Waals surface area contributed by atoms with Gasteiger partial charge >= 0.3 is 5.97 Å². The van der Waals surface area contributed by atoms with Crippen molar-refractivity contribution in [3.63, 3.8) is 0 Å². The van der Waals surface area contributed by atoms with E-state index < -0.39 is 5.97 Å². The lowest BCUT2D eigenvalue weighted by Crippen LogP contribution is -2.12. The Labute approximate surface area is 130 Å². The van der Waals surface area contributed by atoms with Crippen molar-refractivity contribution in [1.29, 1.82) is 0 Å². The number of hydrogen-bond donors (Lipinski definition) is 2. The van der Waals surface area contributed by atoms with Gasteiger partial charge in [0.2, 0.25) is 0 Å². The van der Waals surface area contributed by atoms with Gasteiger partial charge in [-0.1, -0.05) is 11.6 Å². The van der Waals surface area contributed by atoms with Crippen LogP contribution in [0.25, 0.3) is 0 Å². The van der Waals surface area contributed by atoms with E-state index in [4.69, 9.17) is 17.3 Å². The lowest BCUT2D eigenvalue weighted by molar-refractivity contribution is 0.0601. The normalized spacial score (nSPS) is 10.2. The highest BCUT2D eigenvalue weighted by Crippen LogP contribution is 2.31. The second-order valence-corrected chi connectivity index (χ2v) is 5.74. The van der Waals surface area contributed by atoms with Crippen LogP contribution in [0.1, 0.15) is 25.6 Å². The van der Waals surface area contributed by atoms with Gasteiger partial charge in [0.15, 0.2) is 0 Å². The van der Waals surface area contributed by atoms with Gasteiger partial charge in [0.05, 0.1) is 17.6 Å². The number of hydrogen-bond acceptors (Lipinski definition) is 5. The van der Waals surface area contributed by atoms with Crippen molar-refractivity contribution in [1.82, 2.24) is 0 Å². The zero-order valence-corrected chi connectivity index (χ0v) is 13.0. The van der Waals surface area contributed by atoms with Gasteiger partial charge in [-0.15, -0.1) is 11.3 Å². The van der Waals surface area contributed by atoms with Gasteiger partial charge in [-0.25, -0.2) is 4.79 Å². The molecule has 0 spiro atoms. The molecule has 5 nitrogen and oxygen atoms in total. The van der Waals surface area contributed by atoms with Gasteiger partial charge in [0.25, 0.3) is 5.91 Å². The molecule has 1 amide bonds. The van der Waals surface area contributed by atoms with Crippen LogP contribution in [0.15, 0.2) is 24.3 Å². The summed E-state index contributed by atoms with van der Waals surface area (Å²) in [5.74, 6) is -0.881. The predicted molar refractivity (Wildman–Crippen MR) is 84.2 cm³/mol. The first kappa shape index (κ1) is 15.3. The fraction of sp³-hybridized carbons (Fsp3) is 0.143. The number of esters is 1. The van der Waals surface area contributed by atoms with Crippen molar-refractivity contribution in [2.75, 3.05) is 18.2 Å². The molecule has 1 aromatic heterocycles. The van der Waals surface area contributed by atoms with E-state index in [1.807, 2.05) is 0 Å². The van der Waals surface area contributed by atoms with E-state index in [-0.39, 0.29) is 16.5 Å². The zero-order chi connectivity index (χ0) is 15.6. The topological polar surface area (TPSA) is 81.4 Å². The summed E-state index contributed by atoms with van der Waals surface area (Å²) < 4.78 is 4.66. The van der Waals surface area contributed by atoms with Crippen LogP contribution >= 0.6 is 22.9 Å². The summed E-state index contributed by atoms with van der Waals surface area (Å²) in [5.41, 5.74) is 7.15. The van der Waals surface area contributed by atoms with Crippen LogP contribution < -0.4 is 11.1 Å². The van der Waals surface area contributed by atoms with Gasteiger partial charge in [0, 0.05) is 10.7 Å². The molecule has 3 N–H and O–H groups in total. The molecule has 0 aliphatic carbocycles. The minimum absolute atomic E-state index is 0.240. The Morgan fingerprint density at radius 3 is 2.48 bits per heavy atom. The minimum Gasteiger partial charge on any atom is -0.465 e. The van der Waals surface area contributed by atoms with Crippen molar-refractivity contribution in [3.05, 3.63) is 45.3 Å². The van der Waals surface area contributed by atoms with Crippen molar-refractivity contribution >= 4 is 45.5 Å². The van der Waals surface area contributed by atoms with E-state index in [0.717, 1.165) is 11.3 Å². The van der Waals surface area contributed by atoms with E-state index >= 15 is 0 Å². The number of anilines is 2. The molecule has 0 fully saturated rings. The molecule has 1 aromatic carbocycles. The molecule has 0 atom stereocenters. The summed E-state index contributed by atoms with van der Waals surface area (Å²) in [4.78, 5) is 24.3. The Bertz CT molecular complexity index is 695. The Balaban J connectivity index is 2.28. The van der Waals surface area contributed by atoms with E-state index in [9.17, 15) is 9.59 Å². The summed E-state index contributed by atoms with van der Waals surface area (Å²) >= 11 is 6.84. The summed E-state index contributed by atoms with van der Waals surface area (Å²) in [6.07, 6.45) is 0. The van der Waals surface area contributed by atoms with Crippen molar-refractivity contribution < 1.29 is 14.3 Å². The van der Waals surface area contributed by atoms with Crippen LogP contribution in [0.5, 0.6) is 0 Å². The standard InChI is InChI=1S/C14H13ClN2O3S/c1-7-10(14(19)20-2)12(16)21-11(7)13(18)17-9-5-3-8(15)4-6-9/h3-6H,16H2,1-2H3,(H,17,18). The molecule has 0 saturated heterocycles. The van der Waals surface area contributed by atoms with Gasteiger partial charge in [-0.05, 0) is 36.8 Å². The fourth-order valence-corrected chi connectivity index (χ4v) is 2.91. The average molecular weight is 325 g/mol. The Hall–Kier alpha value is -2.05. The van der Waals surface area contributed by atoms with E-state index in [0.29, 0.717) is 21.2 Å². The second-order valence-electron chi connectivity index (χ2n) is 4.25. The third-order valence-corrected chi connectivity index (χ3v) is 4.24. The van der Waals surface area contributed by atoms with Gasteiger partial charge in [-0.3, -0.25) is 4.79 Å². The average Bonchev–Trinajstić information content (AvgIpc) is 2.76. The third-order valence-electron chi connectivity index (χ3n) is 2.87. The number of halogens is 1. The Morgan fingerprint density at radius 2 is 1.90 bits per heavy atom. The van der Waals surface area contributed by atoms with Crippen molar-refractivity contribution in [3.8, 4) is 0 Å². The van der Waals surface area contributed by atoms with E-state index in [1.54, 1.807) is 31.2 Å². The number of carbonyl (C=O) groups is 2. The molecular formula is C14H13ClN2O3S. The summed E-state index contributed by atoms with van der Waals surface area (Å²) in [6.45, 7) is 1.66. The number of nitrogen functional groups attached to an aromatic ring is 1. The molecular weight excluding hydrogens is 312 g/mol. The SMILES string of the molecule is COC(=O)c1c(N)sc(C(=O)Nc2ccc(Cl)cc2)c1C. The number of thiophene rings is 1. The van der Waals surface area contributed by atoms with Crippen LogP contribution in [0.2, 0.25) is 5.02 Å². The van der Waals surface area contributed by atoms with E-state index in [2.05, 4.69) is 10.1 Å². The van der Waals surface area contributed by atoms with Gasteiger partial charge in [-0.2, -0.15) is 0 Å². The number of rotatable bonds is 3. The van der Waals surface area contributed by atoms with Crippen LogP contribution in [0, 0.1) is 6.92 Å². The minimum atomic E-state index is -0.549. The quantitative estimate of drug-likeness (QED) is 0.848. The number of nitrogens with one attached hydrogen (secondary N) is 1. The van der Waals surface area contributed by atoms with Gasteiger partial charge in [0.1, 0.15) is 5.00 Å². The molecule has 0 bridgehead atoms. The maximum absolute atomic E-state index is 12.3. The molecule has 110 valence electrons. The molecule has 1 heterocycles. The number of amides is 1. The lowest BCUT2D eigenvalue weighted by Gasteiger charge is -2.05. The number of ether oxygens (including phenoxy) is 1. The first-order valence-electron chi connectivity index (χ1n) is 5.98. The third kappa shape index (κ3) is 3.17. The number of methoxy groups -OCH3 is 1. The van der Waals surface area contributed by atoms with Crippen LogP contribution in [0.3, 0.4) is 0 Å². The van der Waals surface area contributed by atoms with Crippen LogP contribution in [-0.2, 0) is 4.74 Å². The number of carbonyl (C=O) groups excluding carboxylic acids is 2. The maximum Gasteiger partial charge on any atom is 0.341 e. The van der Waals surface area contributed by atoms with Crippen LogP contribution in [0.4, 0.5) is 10.7 Å². The molecule has 2 aromatic rings. The molecule has 0 aliphatic heterocycles. The monoisotopic (exact) mass is 324 g/mol. The highest BCUT2D eigenvalue weighted by molar-refractivity contribution is 7.18.